The second-order valence-electron chi connectivity index (χ2n) is 4.90. The molecule has 0 amide bonds. The lowest BCUT2D eigenvalue weighted by Gasteiger charge is -2.26. The van der Waals surface area contributed by atoms with Crippen LogP contribution in [0.5, 0.6) is 0 Å². The van der Waals surface area contributed by atoms with E-state index >= 15 is 0 Å². The minimum absolute atomic E-state index is 0.0869. The van der Waals surface area contributed by atoms with Crippen LogP contribution in [0.15, 0.2) is 48.5 Å². The van der Waals surface area contributed by atoms with Gasteiger partial charge in [-0.25, -0.2) is 8.78 Å². The molecule has 104 valence electrons. The molecular formula is C16H14F2O2. The fourth-order valence-electron chi connectivity index (χ4n) is 2.22. The predicted molar refractivity (Wildman–Crippen MR) is 71.5 cm³/mol. The van der Waals surface area contributed by atoms with Crippen LogP contribution in [-0.4, -0.2) is 11.1 Å². The summed E-state index contributed by atoms with van der Waals surface area (Å²) in [4.78, 5) is 11.6. The molecule has 0 radical (unpaired) electrons. The second-order valence-corrected chi connectivity index (χ2v) is 4.90. The summed E-state index contributed by atoms with van der Waals surface area (Å²) in [7, 11) is 0. The summed E-state index contributed by atoms with van der Waals surface area (Å²) in [5, 5.41) is 9.47. The molecule has 0 aromatic heterocycles. The van der Waals surface area contributed by atoms with E-state index in [1.165, 1.54) is 19.1 Å². The van der Waals surface area contributed by atoms with E-state index in [2.05, 4.69) is 0 Å². The molecular weight excluding hydrogens is 262 g/mol. The maximum absolute atomic E-state index is 13.9. The highest BCUT2D eigenvalue weighted by molar-refractivity contribution is 5.81. The van der Waals surface area contributed by atoms with Gasteiger partial charge >= 0.3 is 5.97 Å². The average molecular weight is 276 g/mol. The summed E-state index contributed by atoms with van der Waals surface area (Å²) < 4.78 is 27.3. The van der Waals surface area contributed by atoms with Crippen molar-refractivity contribution in [2.24, 2.45) is 0 Å². The molecule has 0 saturated heterocycles. The number of hydrogen-bond donors (Lipinski definition) is 1. The summed E-state index contributed by atoms with van der Waals surface area (Å²) in [6.07, 6.45) is 0.0869. The van der Waals surface area contributed by atoms with E-state index in [1.54, 1.807) is 24.3 Å². The van der Waals surface area contributed by atoms with E-state index in [4.69, 9.17) is 0 Å². The Labute approximate surface area is 115 Å². The normalized spacial score (nSPS) is 13.8. The minimum Gasteiger partial charge on any atom is -0.481 e. The van der Waals surface area contributed by atoms with Gasteiger partial charge in [-0.2, -0.15) is 0 Å². The first-order valence-corrected chi connectivity index (χ1v) is 6.17. The Morgan fingerprint density at radius 1 is 1.10 bits per heavy atom. The van der Waals surface area contributed by atoms with E-state index in [9.17, 15) is 18.7 Å². The highest BCUT2D eigenvalue weighted by Crippen LogP contribution is 2.31. The third-order valence-corrected chi connectivity index (χ3v) is 3.42. The number of carboxylic acid groups (broad SMARTS) is 1. The maximum Gasteiger partial charge on any atom is 0.314 e. The van der Waals surface area contributed by atoms with Crippen molar-refractivity contribution in [2.75, 3.05) is 0 Å². The number of carbonyl (C=O) groups is 1. The first kappa shape index (κ1) is 14.2. The Bertz CT molecular complexity index is 626. The molecule has 2 aromatic carbocycles. The molecule has 0 aliphatic heterocycles. The monoisotopic (exact) mass is 276 g/mol. The van der Waals surface area contributed by atoms with E-state index in [0.717, 1.165) is 11.6 Å². The van der Waals surface area contributed by atoms with Gasteiger partial charge < -0.3 is 5.11 Å². The zero-order chi connectivity index (χ0) is 14.8. The van der Waals surface area contributed by atoms with Crippen molar-refractivity contribution in [3.8, 4) is 0 Å². The summed E-state index contributed by atoms with van der Waals surface area (Å²) in [5.41, 5.74) is -0.914. The van der Waals surface area contributed by atoms with Crippen LogP contribution in [0, 0.1) is 11.6 Å². The molecule has 2 rings (SSSR count). The van der Waals surface area contributed by atoms with Crippen LogP contribution in [0.3, 0.4) is 0 Å². The molecule has 0 aliphatic carbocycles. The van der Waals surface area contributed by atoms with Gasteiger partial charge in [0.25, 0.3) is 0 Å². The number of carboxylic acids is 1. The molecule has 0 spiro atoms. The van der Waals surface area contributed by atoms with Gasteiger partial charge in [0.15, 0.2) is 11.6 Å². The largest absolute Gasteiger partial charge is 0.481 e. The van der Waals surface area contributed by atoms with E-state index in [0.29, 0.717) is 0 Å². The summed E-state index contributed by atoms with van der Waals surface area (Å²) in [6, 6.07) is 12.5. The number of benzene rings is 2. The van der Waals surface area contributed by atoms with Crippen LogP contribution in [0.4, 0.5) is 8.78 Å². The van der Waals surface area contributed by atoms with Gasteiger partial charge in [0.2, 0.25) is 0 Å². The van der Waals surface area contributed by atoms with Crippen LogP contribution < -0.4 is 0 Å². The molecule has 0 fully saturated rings. The van der Waals surface area contributed by atoms with Crippen molar-refractivity contribution in [1.29, 1.82) is 0 Å². The first-order valence-electron chi connectivity index (χ1n) is 6.17. The van der Waals surface area contributed by atoms with Gasteiger partial charge in [-0.3, -0.25) is 4.79 Å². The van der Waals surface area contributed by atoms with E-state index < -0.39 is 23.0 Å². The van der Waals surface area contributed by atoms with Crippen molar-refractivity contribution in [3.63, 3.8) is 0 Å². The Morgan fingerprint density at radius 2 is 1.75 bits per heavy atom. The Balaban J connectivity index is 2.50. The zero-order valence-electron chi connectivity index (χ0n) is 10.9. The van der Waals surface area contributed by atoms with E-state index in [-0.39, 0.29) is 12.0 Å². The smallest absolute Gasteiger partial charge is 0.314 e. The van der Waals surface area contributed by atoms with Gasteiger partial charge in [-0.05, 0) is 25.0 Å². The average Bonchev–Trinajstić information content (AvgIpc) is 2.42. The van der Waals surface area contributed by atoms with Crippen molar-refractivity contribution >= 4 is 5.97 Å². The van der Waals surface area contributed by atoms with Crippen molar-refractivity contribution in [2.45, 2.75) is 18.8 Å². The second kappa shape index (κ2) is 5.41. The lowest BCUT2D eigenvalue weighted by atomic mass is 9.77. The third kappa shape index (κ3) is 2.54. The minimum atomic E-state index is -1.52. The molecule has 0 bridgehead atoms. The third-order valence-electron chi connectivity index (χ3n) is 3.42. The molecule has 2 nitrogen and oxygen atoms in total. The number of rotatable bonds is 4. The molecule has 1 atom stereocenters. The Kier molecular flexibility index (Phi) is 3.84. The Morgan fingerprint density at radius 3 is 2.35 bits per heavy atom. The molecule has 2 aromatic rings. The SMILES string of the molecule is CC(Cc1ccccc1)(C(=O)O)c1cccc(F)c1F. The highest BCUT2D eigenvalue weighted by Gasteiger charge is 2.38. The van der Waals surface area contributed by atoms with Crippen LogP contribution in [0.2, 0.25) is 0 Å². The Hall–Kier alpha value is -2.23. The first-order chi connectivity index (χ1) is 9.45. The van der Waals surface area contributed by atoms with Gasteiger partial charge in [0.1, 0.15) is 0 Å². The summed E-state index contributed by atoms with van der Waals surface area (Å²) >= 11 is 0. The van der Waals surface area contributed by atoms with Crippen LogP contribution >= 0.6 is 0 Å². The van der Waals surface area contributed by atoms with Crippen molar-refractivity contribution in [1.82, 2.24) is 0 Å². The van der Waals surface area contributed by atoms with E-state index in [1.807, 2.05) is 6.07 Å². The number of hydrogen-bond acceptors (Lipinski definition) is 1. The number of aliphatic carboxylic acids is 1. The zero-order valence-corrected chi connectivity index (χ0v) is 10.9. The molecule has 4 heteroatoms. The lowest BCUT2D eigenvalue weighted by Crippen LogP contribution is -2.36. The maximum atomic E-state index is 13.9. The number of halogens is 2. The predicted octanol–water partition coefficient (Wildman–Crippen LogP) is 3.55. The fraction of sp³-hybridized carbons (Fsp3) is 0.188. The topological polar surface area (TPSA) is 37.3 Å². The standard InChI is InChI=1S/C16H14F2O2/c1-16(15(19)20,10-11-6-3-2-4-7-11)12-8-5-9-13(17)14(12)18/h2-9H,10H2,1H3,(H,19,20). The lowest BCUT2D eigenvalue weighted by molar-refractivity contribution is -0.143. The summed E-state index contributed by atoms with van der Waals surface area (Å²) in [6.45, 7) is 1.40. The van der Waals surface area contributed by atoms with Gasteiger partial charge in [-0.15, -0.1) is 0 Å². The molecule has 1 N–H and O–H groups in total. The van der Waals surface area contributed by atoms with Gasteiger partial charge in [0, 0.05) is 5.56 Å². The van der Waals surface area contributed by atoms with Crippen LogP contribution in [0.25, 0.3) is 0 Å². The molecule has 20 heavy (non-hydrogen) atoms. The molecule has 0 heterocycles. The van der Waals surface area contributed by atoms with Gasteiger partial charge in [-0.1, -0.05) is 42.5 Å². The van der Waals surface area contributed by atoms with Crippen molar-refractivity contribution < 1.29 is 18.7 Å². The molecule has 0 aliphatic rings. The van der Waals surface area contributed by atoms with Crippen molar-refractivity contribution in [3.05, 3.63) is 71.3 Å². The molecule has 1 unspecified atom stereocenters. The van der Waals surface area contributed by atoms with Gasteiger partial charge in [0.05, 0.1) is 5.41 Å². The van der Waals surface area contributed by atoms with Crippen LogP contribution in [0.1, 0.15) is 18.1 Å². The summed E-state index contributed by atoms with van der Waals surface area (Å²) in [5.74, 6) is -3.33. The fourth-order valence-corrected chi connectivity index (χ4v) is 2.22. The highest BCUT2D eigenvalue weighted by atomic mass is 19.2. The quantitative estimate of drug-likeness (QED) is 0.927. The molecule has 0 saturated carbocycles. The van der Waals surface area contributed by atoms with Crippen LogP contribution in [-0.2, 0) is 16.6 Å².